The smallest absolute Gasteiger partial charge is 0.252 e. The lowest BCUT2D eigenvalue weighted by molar-refractivity contribution is 0.0935. The van der Waals surface area contributed by atoms with Crippen LogP contribution in [0.2, 0.25) is 5.02 Å². The number of ether oxygens (including phenoxy) is 2. The number of benzene rings is 2. The van der Waals surface area contributed by atoms with E-state index in [0.717, 1.165) is 11.0 Å². The molecule has 0 aliphatic rings. The molecule has 1 N–H and O–H groups in total. The Balaban J connectivity index is 1.81. The molecule has 0 aliphatic heterocycles. The second-order valence-electron chi connectivity index (χ2n) is 6.54. The number of carbonyl (C=O) groups is 1. The van der Waals surface area contributed by atoms with Crippen LogP contribution >= 0.6 is 11.6 Å². The van der Waals surface area contributed by atoms with Crippen molar-refractivity contribution in [3.8, 4) is 11.5 Å². The molecule has 0 saturated carbocycles. The van der Waals surface area contributed by atoms with E-state index >= 15 is 0 Å². The van der Waals surface area contributed by atoms with Crippen molar-refractivity contribution in [2.24, 2.45) is 0 Å². The van der Waals surface area contributed by atoms with E-state index < -0.39 is 0 Å². The molecule has 0 radical (unpaired) electrons. The van der Waals surface area contributed by atoms with Crippen LogP contribution in [-0.4, -0.2) is 19.1 Å². The molecule has 0 aliphatic carbocycles. The molecule has 0 fully saturated rings. The van der Waals surface area contributed by atoms with Crippen LogP contribution in [0.1, 0.15) is 42.9 Å². The Morgan fingerprint density at radius 3 is 2.56 bits per heavy atom. The van der Waals surface area contributed by atoms with Crippen LogP contribution < -0.4 is 14.8 Å². The lowest BCUT2D eigenvalue weighted by Gasteiger charge is -2.17. The lowest BCUT2D eigenvalue weighted by atomic mass is 10.1. The van der Waals surface area contributed by atoms with E-state index in [1.165, 1.54) is 7.11 Å². The zero-order chi connectivity index (χ0) is 19.6. The fourth-order valence-electron chi connectivity index (χ4n) is 2.77. The molecule has 0 saturated heterocycles. The van der Waals surface area contributed by atoms with Gasteiger partial charge in [0.1, 0.15) is 11.3 Å². The van der Waals surface area contributed by atoms with Crippen molar-refractivity contribution in [1.29, 1.82) is 0 Å². The summed E-state index contributed by atoms with van der Waals surface area (Å²) in [6, 6.07) is 12.5. The molecule has 0 unspecified atom stereocenters. The Labute approximate surface area is 163 Å². The van der Waals surface area contributed by atoms with Crippen LogP contribution in [0.4, 0.5) is 0 Å². The van der Waals surface area contributed by atoms with Gasteiger partial charge in [-0.25, -0.2) is 0 Å². The van der Waals surface area contributed by atoms with E-state index in [-0.39, 0.29) is 18.1 Å². The summed E-state index contributed by atoms with van der Waals surface area (Å²) in [6.07, 6.45) is -0.0656. The molecular weight excluding hydrogens is 366 g/mol. The van der Waals surface area contributed by atoms with E-state index in [1.807, 2.05) is 51.1 Å². The van der Waals surface area contributed by atoms with Gasteiger partial charge in [0.2, 0.25) is 0 Å². The summed E-state index contributed by atoms with van der Waals surface area (Å²) in [5, 5.41) is 4.24. The number of methoxy groups -OCH3 is 1. The van der Waals surface area contributed by atoms with E-state index in [4.69, 9.17) is 25.5 Å². The number of furan rings is 1. The zero-order valence-electron chi connectivity index (χ0n) is 15.7. The number of hydrogen-bond donors (Lipinski definition) is 1. The fourth-order valence-corrected chi connectivity index (χ4v) is 3.02. The van der Waals surface area contributed by atoms with Crippen LogP contribution in [0, 0.1) is 0 Å². The first-order valence-corrected chi connectivity index (χ1v) is 9.10. The largest absolute Gasteiger partial charge is 0.493 e. The fraction of sp³-hybridized carbons (Fsp3) is 0.286. The van der Waals surface area contributed by atoms with Gasteiger partial charge in [-0.3, -0.25) is 4.79 Å². The number of halogens is 1. The predicted octanol–water partition coefficient (Wildman–Crippen LogP) is 5.37. The summed E-state index contributed by atoms with van der Waals surface area (Å²) in [6.45, 7) is 5.65. The average molecular weight is 388 g/mol. The Kier molecular flexibility index (Phi) is 5.61. The normalized spacial score (nSPS) is 12.2. The van der Waals surface area contributed by atoms with Gasteiger partial charge in [0, 0.05) is 10.9 Å². The molecule has 3 aromatic rings. The Bertz CT molecular complexity index is 931. The summed E-state index contributed by atoms with van der Waals surface area (Å²) < 4.78 is 16.8. The zero-order valence-corrected chi connectivity index (χ0v) is 16.5. The molecule has 142 valence electrons. The number of rotatable bonds is 6. The minimum absolute atomic E-state index is 0.0656. The van der Waals surface area contributed by atoms with Crippen molar-refractivity contribution in [3.05, 3.63) is 58.8 Å². The van der Waals surface area contributed by atoms with Crippen molar-refractivity contribution >= 4 is 28.5 Å². The molecule has 1 atom stereocenters. The number of carbonyl (C=O) groups excluding carboxylic acids is 1. The molecule has 1 aromatic heterocycles. The molecule has 2 aromatic carbocycles. The van der Waals surface area contributed by atoms with Crippen molar-refractivity contribution in [2.75, 3.05) is 7.11 Å². The minimum atomic E-state index is -0.304. The van der Waals surface area contributed by atoms with Gasteiger partial charge in [-0.15, -0.1) is 0 Å². The van der Waals surface area contributed by atoms with Crippen molar-refractivity contribution in [1.82, 2.24) is 5.32 Å². The maximum atomic E-state index is 12.7. The maximum absolute atomic E-state index is 12.7. The summed E-state index contributed by atoms with van der Waals surface area (Å²) in [5.41, 5.74) is 1.17. The monoisotopic (exact) mass is 387 g/mol. The third kappa shape index (κ3) is 4.19. The third-order valence-electron chi connectivity index (χ3n) is 4.06. The van der Waals surface area contributed by atoms with Gasteiger partial charge in [0.25, 0.3) is 5.91 Å². The van der Waals surface area contributed by atoms with E-state index in [2.05, 4.69) is 5.32 Å². The molecule has 0 spiro atoms. The van der Waals surface area contributed by atoms with Crippen LogP contribution in [0.3, 0.4) is 0 Å². The highest BCUT2D eigenvalue weighted by Crippen LogP contribution is 2.37. The second-order valence-corrected chi connectivity index (χ2v) is 6.95. The van der Waals surface area contributed by atoms with Gasteiger partial charge in [-0.05, 0) is 45.0 Å². The predicted molar refractivity (Wildman–Crippen MR) is 106 cm³/mol. The van der Waals surface area contributed by atoms with E-state index in [9.17, 15) is 4.79 Å². The number of nitrogens with one attached hydrogen (secondary N) is 1. The SMILES string of the molecule is COc1cc(C(=O)N[C@H](C)c2cc3ccccc3o2)cc(Cl)c1OC(C)C. The number of amides is 1. The highest BCUT2D eigenvalue weighted by atomic mass is 35.5. The van der Waals surface area contributed by atoms with Gasteiger partial charge in [0.05, 0.1) is 24.3 Å². The van der Waals surface area contributed by atoms with E-state index in [0.29, 0.717) is 27.8 Å². The standard InChI is InChI=1S/C21H22ClNO4/c1-12(2)26-20-16(22)9-15(11-19(20)25-4)21(24)23-13(3)18-10-14-7-5-6-8-17(14)27-18/h5-13H,1-4H3,(H,23,24)/t13-/m1/s1. The quantitative estimate of drug-likeness (QED) is 0.617. The summed E-state index contributed by atoms with van der Waals surface area (Å²) in [7, 11) is 1.51. The van der Waals surface area contributed by atoms with Crippen molar-refractivity contribution < 1.29 is 18.7 Å². The molecule has 27 heavy (non-hydrogen) atoms. The van der Waals surface area contributed by atoms with Crippen LogP contribution in [-0.2, 0) is 0 Å². The number of fused-ring (bicyclic) bond motifs is 1. The highest BCUT2D eigenvalue weighted by Gasteiger charge is 2.19. The third-order valence-corrected chi connectivity index (χ3v) is 4.34. The van der Waals surface area contributed by atoms with Gasteiger partial charge in [-0.1, -0.05) is 29.8 Å². The summed E-state index contributed by atoms with van der Waals surface area (Å²) >= 11 is 6.30. The topological polar surface area (TPSA) is 60.7 Å². The molecule has 6 heteroatoms. The number of hydrogen-bond acceptors (Lipinski definition) is 4. The minimum Gasteiger partial charge on any atom is -0.493 e. The molecule has 5 nitrogen and oxygen atoms in total. The van der Waals surface area contributed by atoms with Crippen LogP contribution in [0.15, 0.2) is 46.9 Å². The Morgan fingerprint density at radius 2 is 1.89 bits per heavy atom. The van der Waals surface area contributed by atoms with Gasteiger partial charge < -0.3 is 19.2 Å². The summed E-state index contributed by atoms with van der Waals surface area (Å²) in [5.74, 6) is 1.25. The molecule has 1 amide bonds. The van der Waals surface area contributed by atoms with E-state index in [1.54, 1.807) is 12.1 Å². The van der Waals surface area contributed by atoms with Gasteiger partial charge in [-0.2, -0.15) is 0 Å². The molecule has 3 rings (SSSR count). The molecule has 1 heterocycles. The van der Waals surface area contributed by atoms with Crippen molar-refractivity contribution in [2.45, 2.75) is 32.9 Å². The first-order valence-electron chi connectivity index (χ1n) is 8.72. The average Bonchev–Trinajstić information content (AvgIpc) is 3.07. The molecule has 0 bridgehead atoms. The first-order chi connectivity index (χ1) is 12.9. The Morgan fingerprint density at radius 1 is 1.15 bits per heavy atom. The second kappa shape index (κ2) is 7.92. The highest BCUT2D eigenvalue weighted by molar-refractivity contribution is 6.32. The van der Waals surface area contributed by atoms with Gasteiger partial charge >= 0.3 is 0 Å². The first kappa shape index (κ1) is 19.1. The lowest BCUT2D eigenvalue weighted by Crippen LogP contribution is -2.26. The maximum Gasteiger partial charge on any atom is 0.252 e. The van der Waals surface area contributed by atoms with Crippen molar-refractivity contribution in [3.63, 3.8) is 0 Å². The van der Waals surface area contributed by atoms with Gasteiger partial charge in [0.15, 0.2) is 11.5 Å². The van der Waals surface area contributed by atoms with Crippen LogP contribution in [0.5, 0.6) is 11.5 Å². The summed E-state index contributed by atoms with van der Waals surface area (Å²) in [4.78, 5) is 12.7. The van der Waals surface area contributed by atoms with Crippen LogP contribution in [0.25, 0.3) is 11.0 Å². The molecular formula is C21H22ClNO4. The number of para-hydroxylation sites is 1. The Hall–Kier alpha value is -2.66.